The third-order valence-corrected chi connectivity index (χ3v) is 2.68. The van der Waals surface area contributed by atoms with Gasteiger partial charge in [-0.2, -0.15) is 0 Å². The van der Waals surface area contributed by atoms with Gasteiger partial charge >= 0.3 is 0 Å². The molecule has 2 aromatic carbocycles. The van der Waals surface area contributed by atoms with Gasteiger partial charge in [0.2, 0.25) is 0 Å². The Bertz CT molecular complexity index is 666. The molecule has 18 heavy (non-hydrogen) atoms. The van der Waals surface area contributed by atoms with E-state index in [-0.39, 0.29) is 20.1 Å². The molecule has 1 heterocycles. The molecule has 0 unspecified atom stereocenters. The molecule has 0 saturated heterocycles. The van der Waals surface area contributed by atoms with Crippen LogP contribution in [0.5, 0.6) is 0 Å². The summed E-state index contributed by atoms with van der Waals surface area (Å²) in [7, 11) is 0. The van der Waals surface area contributed by atoms with Gasteiger partial charge in [-0.05, 0) is 24.1 Å². The number of benzene rings is 2. The van der Waals surface area contributed by atoms with E-state index in [0.29, 0.717) is 0 Å². The maximum Gasteiger partial charge on any atom is 0.116 e. The molecule has 2 nitrogen and oxygen atoms in total. The minimum Gasteiger partial charge on any atom is -0.283 e. The van der Waals surface area contributed by atoms with Gasteiger partial charge in [-0.3, -0.25) is 4.98 Å². The number of aryl methyl sites for hydroxylation is 1. The van der Waals surface area contributed by atoms with E-state index in [1.807, 2.05) is 55.5 Å². The largest absolute Gasteiger partial charge is 0.283 e. The summed E-state index contributed by atoms with van der Waals surface area (Å²) in [6, 6.07) is 19.2. The van der Waals surface area contributed by atoms with E-state index in [0.717, 1.165) is 28.0 Å². The standard InChI is InChI=1S/C15H11N2.Ir/c1-11-16-14-10-6-5-9-13(14)15(17-11)12-7-3-2-4-8-12;/h2-7,9-10H,1H3;/q-1;. The van der Waals surface area contributed by atoms with E-state index in [1.165, 1.54) is 0 Å². The molecule has 0 saturated carbocycles. The smallest absolute Gasteiger partial charge is 0.116 e. The van der Waals surface area contributed by atoms with Crippen LogP contribution in [0.15, 0.2) is 48.5 Å². The van der Waals surface area contributed by atoms with Crippen LogP contribution in [0.2, 0.25) is 0 Å². The Morgan fingerprint density at radius 1 is 0.944 bits per heavy atom. The van der Waals surface area contributed by atoms with E-state index in [4.69, 9.17) is 0 Å². The molecule has 0 bridgehead atoms. The quantitative estimate of drug-likeness (QED) is 0.574. The second-order valence-corrected chi connectivity index (χ2v) is 3.91. The predicted octanol–water partition coefficient (Wildman–Crippen LogP) is 3.40. The summed E-state index contributed by atoms with van der Waals surface area (Å²) >= 11 is 0. The molecule has 0 spiro atoms. The minimum absolute atomic E-state index is 0. The average molecular weight is 411 g/mol. The maximum atomic E-state index is 4.53. The van der Waals surface area contributed by atoms with Gasteiger partial charge in [-0.15, -0.1) is 35.9 Å². The van der Waals surface area contributed by atoms with Crippen molar-refractivity contribution in [3.8, 4) is 11.3 Å². The van der Waals surface area contributed by atoms with E-state index in [1.54, 1.807) is 0 Å². The van der Waals surface area contributed by atoms with Crippen LogP contribution in [0.1, 0.15) is 5.82 Å². The Kier molecular flexibility index (Phi) is 3.85. The average Bonchev–Trinajstić information content (AvgIpc) is 2.39. The van der Waals surface area contributed by atoms with Crippen molar-refractivity contribution in [2.45, 2.75) is 6.92 Å². The maximum absolute atomic E-state index is 4.53. The van der Waals surface area contributed by atoms with E-state index in [2.05, 4.69) is 16.0 Å². The Morgan fingerprint density at radius 3 is 2.50 bits per heavy atom. The first-order valence-electron chi connectivity index (χ1n) is 5.55. The molecule has 3 rings (SSSR count). The third kappa shape index (κ3) is 2.33. The van der Waals surface area contributed by atoms with E-state index < -0.39 is 0 Å². The van der Waals surface area contributed by atoms with Gasteiger partial charge in [-0.25, -0.2) is 4.98 Å². The first kappa shape index (κ1) is 12.9. The van der Waals surface area contributed by atoms with Gasteiger partial charge in [0.05, 0.1) is 5.52 Å². The number of fused-ring (bicyclic) bond motifs is 1. The molecule has 0 aliphatic rings. The summed E-state index contributed by atoms with van der Waals surface area (Å²) in [4.78, 5) is 8.97. The topological polar surface area (TPSA) is 25.8 Å². The van der Waals surface area contributed by atoms with Crippen molar-refractivity contribution < 1.29 is 20.1 Å². The number of aromatic nitrogens is 2. The van der Waals surface area contributed by atoms with Crippen LogP contribution in [0.4, 0.5) is 0 Å². The molecule has 0 aliphatic heterocycles. The summed E-state index contributed by atoms with van der Waals surface area (Å²) in [6.45, 7) is 1.92. The second-order valence-electron chi connectivity index (χ2n) is 3.91. The molecule has 0 amide bonds. The van der Waals surface area contributed by atoms with E-state index in [9.17, 15) is 0 Å². The van der Waals surface area contributed by atoms with Crippen LogP contribution in [-0.2, 0) is 20.1 Å². The van der Waals surface area contributed by atoms with Gasteiger partial charge < -0.3 is 0 Å². The number of hydrogen-bond donors (Lipinski definition) is 0. The van der Waals surface area contributed by atoms with E-state index >= 15 is 0 Å². The molecule has 0 N–H and O–H groups in total. The van der Waals surface area contributed by atoms with Crippen LogP contribution in [-0.4, -0.2) is 9.97 Å². The molecule has 91 valence electrons. The van der Waals surface area contributed by atoms with Gasteiger partial charge in [0.1, 0.15) is 5.82 Å². The fraction of sp³-hybridized carbons (Fsp3) is 0.0667. The van der Waals surface area contributed by atoms with Gasteiger partial charge in [-0.1, -0.05) is 18.2 Å². The van der Waals surface area contributed by atoms with Crippen molar-refractivity contribution in [2.24, 2.45) is 0 Å². The molecule has 0 atom stereocenters. The van der Waals surface area contributed by atoms with Crippen molar-refractivity contribution in [1.82, 2.24) is 9.97 Å². The number of para-hydroxylation sites is 1. The number of nitrogens with zero attached hydrogens (tertiary/aromatic N) is 2. The molecular weight excluding hydrogens is 400 g/mol. The number of rotatable bonds is 1. The van der Waals surface area contributed by atoms with Crippen molar-refractivity contribution in [3.63, 3.8) is 0 Å². The van der Waals surface area contributed by atoms with Crippen molar-refractivity contribution in [2.75, 3.05) is 0 Å². The van der Waals surface area contributed by atoms with Crippen LogP contribution in [0.25, 0.3) is 22.2 Å². The molecule has 0 aliphatic carbocycles. The monoisotopic (exact) mass is 412 g/mol. The molecule has 1 aromatic heterocycles. The zero-order valence-corrected chi connectivity index (χ0v) is 12.2. The Morgan fingerprint density at radius 2 is 1.72 bits per heavy atom. The summed E-state index contributed by atoms with van der Waals surface area (Å²) in [5.41, 5.74) is 2.94. The summed E-state index contributed by atoms with van der Waals surface area (Å²) in [6.07, 6.45) is 0. The van der Waals surface area contributed by atoms with Crippen LogP contribution in [0.3, 0.4) is 0 Å². The fourth-order valence-corrected chi connectivity index (χ4v) is 1.94. The molecule has 3 aromatic rings. The second kappa shape index (κ2) is 5.38. The van der Waals surface area contributed by atoms with Crippen molar-refractivity contribution in [1.29, 1.82) is 0 Å². The Hall–Kier alpha value is -1.57. The van der Waals surface area contributed by atoms with Crippen LogP contribution >= 0.6 is 0 Å². The Labute approximate surface area is 119 Å². The summed E-state index contributed by atoms with van der Waals surface area (Å²) < 4.78 is 0. The molecule has 0 fully saturated rings. The van der Waals surface area contributed by atoms with Crippen LogP contribution < -0.4 is 0 Å². The van der Waals surface area contributed by atoms with Crippen molar-refractivity contribution >= 4 is 10.9 Å². The summed E-state index contributed by atoms with van der Waals surface area (Å²) in [5.74, 6) is 0.788. The molecule has 1 radical (unpaired) electrons. The zero-order valence-electron chi connectivity index (χ0n) is 9.85. The normalized spacial score (nSPS) is 10.1. The van der Waals surface area contributed by atoms with Gasteiger partial charge in [0.15, 0.2) is 0 Å². The Balaban J connectivity index is 0.00000120. The van der Waals surface area contributed by atoms with Crippen molar-refractivity contribution in [3.05, 3.63) is 60.4 Å². The predicted molar refractivity (Wildman–Crippen MR) is 68.5 cm³/mol. The van der Waals surface area contributed by atoms with Gasteiger partial charge in [0.25, 0.3) is 0 Å². The first-order valence-corrected chi connectivity index (χ1v) is 5.55. The minimum atomic E-state index is 0. The first-order chi connectivity index (χ1) is 8.34. The number of hydrogen-bond acceptors (Lipinski definition) is 2. The van der Waals surface area contributed by atoms with Crippen LogP contribution in [0, 0.1) is 13.0 Å². The zero-order chi connectivity index (χ0) is 11.7. The SMILES string of the molecule is Cc1nc(-c2[c-]cccc2)c2ccccc2n1.[Ir]. The summed E-state index contributed by atoms with van der Waals surface area (Å²) in [5, 5.41) is 1.07. The third-order valence-electron chi connectivity index (χ3n) is 2.68. The molecule has 3 heteroatoms. The molecular formula is C15H11IrN2-. The van der Waals surface area contributed by atoms with Gasteiger partial charge in [0, 0.05) is 20.1 Å². The fourth-order valence-electron chi connectivity index (χ4n) is 1.94.